The molecule has 0 aliphatic heterocycles. The average Bonchev–Trinajstić information content (AvgIpc) is 2.71. The van der Waals surface area contributed by atoms with E-state index >= 15 is 0 Å². The van der Waals surface area contributed by atoms with Crippen molar-refractivity contribution in [1.29, 1.82) is 5.26 Å². The third-order valence-electron chi connectivity index (χ3n) is 3.82. The van der Waals surface area contributed by atoms with Crippen molar-refractivity contribution in [2.24, 2.45) is 0 Å². The summed E-state index contributed by atoms with van der Waals surface area (Å²) in [5.41, 5.74) is -0.677. The lowest BCUT2D eigenvalue weighted by atomic mass is 9.94. The number of anilines is 2. The Balaban J connectivity index is 2.72. The van der Waals surface area contributed by atoms with Crippen LogP contribution in [0.5, 0.6) is 0 Å². The Hall–Kier alpha value is -4.70. The number of carbonyl (C=O) groups is 2. The maximum atomic E-state index is 11.3. The number of allylic oxidation sites excluding steroid dienone is 2. The summed E-state index contributed by atoms with van der Waals surface area (Å²) in [6.07, 6.45) is 3.25. The summed E-state index contributed by atoms with van der Waals surface area (Å²) in [6, 6.07) is 4.21. The van der Waals surface area contributed by atoms with Gasteiger partial charge in [0.25, 0.3) is 0 Å². The van der Waals surface area contributed by atoms with Gasteiger partial charge in [-0.25, -0.2) is 9.97 Å². The molecule has 2 rings (SSSR count). The minimum absolute atomic E-state index is 0.0127. The molecule has 14 heteroatoms. The maximum absolute atomic E-state index is 11.3. The third kappa shape index (κ3) is 6.64. The van der Waals surface area contributed by atoms with E-state index in [1.807, 2.05) is 0 Å². The van der Waals surface area contributed by atoms with E-state index in [0.29, 0.717) is 12.4 Å². The van der Waals surface area contributed by atoms with Crippen LogP contribution in [0, 0.1) is 31.6 Å². The van der Waals surface area contributed by atoms with Crippen LogP contribution in [0.3, 0.4) is 0 Å². The summed E-state index contributed by atoms with van der Waals surface area (Å²) >= 11 is 6.10. The molecule has 168 valence electrons. The molecule has 2 heterocycles. The van der Waals surface area contributed by atoms with E-state index in [2.05, 4.69) is 20.6 Å². The second-order valence-corrected chi connectivity index (χ2v) is 6.71. The van der Waals surface area contributed by atoms with Gasteiger partial charge in [-0.05, 0) is 12.1 Å². The Morgan fingerprint density at radius 1 is 0.970 bits per heavy atom. The Labute approximate surface area is 190 Å². The third-order valence-corrected chi connectivity index (χ3v) is 4.11. The van der Waals surface area contributed by atoms with E-state index in [0.717, 1.165) is 12.4 Å². The molecule has 0 bridgehead atoms. The maximum Gasteiger partial charge on any atom is 0.243 e. The Morgan fingerprint density at radius 3 is 1.85 bits per heavy atom. The molecule has 2 amide bonds. The van der Waals surface area contributed by atoms with Crippen molar-refractivity contribution in [1.82, 2.24) is 9.97 Å². The van der Waals surface area contributed by atoms with Crippen molar-refractivity contribution in [3.05, 3.63) is 78.9 Å². The van der Waals surface area contributed by atoms with Crippen LogP contribution < -0.4 is 10.6 Å². The minimum atomic E-state index is -0.836. The zero-order chi connectivity index (χ0) is 24.7. The molecule has 0 fully saturated rings. The topological polar surface area (TPSA) is 194 Å². The fraction of sp³-hybridized carbons (Fsp3) is 0.105. The van der Waals surface area contributed by atoms with Gasteiger partial charge >= 0.3 is 0 Å². The second-order valence-electron chi connectivity index (χ2n) is 6.31. The number of nitrogens with one attached hydrogen (secondary N) is 2. The Kier molecular flexibility index (Phi) is 7.86. The minimum Gasteiger partial charge on any atom is -0.310 e. The van der Waals surface area contributed by atoms with Gasteiger partial charge in [0.1, 0.15) is 11.9 Å². The largest absolute Gasteiger partial charge is 0.310 e. The van der Waals surface area contributed by atoms with Gasteiger partial charge in [0.15, 0.2) is 5.82 Å². The summed E-state index contributed by atoms with van der Waals surface area (Å²) in [5.74, 6) is -1.05. The van der Waals surface area contributed by atoms with Gasteiger partial charge in [-0.15, -0.1) is 0 Å². The van der Waals surface area contributed by atoms with Crippen molar-refractivity contribution >= 4 is 46.2 Å². The fourth-order valence-corrected chi connectivity index (χ4v) is 2.83. The van der Waals surface area contributed by atoms with Gasteiger partial charge in [0, 0.05) is 37.4 Å². The first kappa shape index (κ1) is 24.6. The number of hydrogen-bond donors (Lipinski definition) is 2. The molecule has 0 aromatic carbocycles. The van der Waals surface area contributed by atoms with Gasteiger partial charge in [-0.1, -0.05) is 11.6 Å². The molecule has 0 radical (unpaired) electrons. The summed E-state index contributed by atoms with van der Waals surface area (Å²) in [6.45, 7) is 2.43. The molecule has 2 N–H and O–H groups in total. The molecule has 0 atom stereocenters. The van der Waals surface area contributed by atoms with Gasteiger partial charge in [-0.2, -0.15) is 5.26 Å². The highest BCUT2D eigenvalue weighted by atomic mass is 35.5. The molecular formula is C19H14ClN7O6. The van der Waals surface area contributed by atoms with Crippen molar-refractivity contribution in [3.8, 4) is 6.07 Å². The predicted octanol–water partition coefficient (Wildman–Crippen LogP) is 2.85. The molecule has 0 aliphatic carbocycles. The first-order chi connectivity index (χ1) is 15.5. The zero-order valence-corrected chi connectivity index (χ0v) is 17.8. The number of nitrogens with zero attached hydrogens (tertiary/aromatic N) is 5. The van der Waals surface area contributed by atoms with E-state index in [9.17, 15) is 35.1 Å². The summed E-state index contributed by atoms with van der Waals surface area (Å²) in [7, 11) is 0. The van der Waals surface area contributed by atoms with Crippen LogP contribution in [0.4, 0.5) is 11.6 Å². The zero-order valence-electron chi connectivity index (χ0n) is 17.0. The average molecular weight is 472 g/mol. The van der Waals surface area contributed by atoms with Crippen LogP contribution in [-0.4, -0.2) is 31.6 Å². The first-order valence-corrected chi connectivity index (χ1v) is 9.22. The van der Waals surface area contributed by atoms with E-state index in [4.69, 9.17) is 11.6 Å². The van der Waals surface area contributed by atoms with Crippen molar-refractivity contribution < 1.29 is 19.4 Å². The molecule has 2 aromatic heterocycles. The number of nitriles is 1. The van der Waals surface area contributed by atoms with Crippen LogP contribution >= 0.6 is 11.6 Å². The summed E-state index contributed by atoms with van der Waals surface area (Å²) in [5, 5.41) is 36.6. The van der Waals surface area contributed by atoms with Gasteiger partial charge < -0.3 is 10.6 Å². The van der Waals surface area contributed by atoms with Gasteiger partial charge in [-0.3, -0.25) is 29.8 Å². The van der Waals surface area contributed by atoms with Crippen LogP contribution in [-0.2, 0) is 9.59 Å². The number of pyridine rings is 2. The molecular weight excluding hydrogens is 458 g/mol. The van der Waals surface area contributed by atoms with Gasteiger partial charge in [0.2, 0.25) is 24.2 Å². The van der Waals surface area contributed by atoms with E-state index in [1.165, 1.54) is 26.0 Å². The lowest BCUT2D eigenvalue weighted by molar-refractivity contribution is -0.403. The van der Waals surface area contributed by atoms with Crippen molar-refractivity contribution in [2.75, 3.05) is 10.6 Å². The second kappa shape index (κ2) is 10.6. The molecule has 0 unspecified atom stereocenters. The number of nitro groups is 2. The monoisotopic (exact) mass is 471 g/mol. The highest BCUT2D eigenvalue weighted by Crippen LogP contribution is 2.34. The Bertz CT molecular complexity index is 1270. The Morgan fingerprint density at radius 2 is 1.42 bits per heavy atom. The van der Waals surface area contributed by atoms with Crippen molar-refractivity contribution in [3.63, 3.8) is 0 Å². The van der Waals surface area contributed by atoms with Crippen molar-refractivity contribution in [2.45, 2.75) is 13.8 Å². The number of hydrogen-bond acceptors (Lipinski definition) is 9. The summed E-state index contributed by atoms with van der Waals surface area (Å²) in [4.78, 5) is 51.4. The number of amides is 2. The van der Waals surface area contributed by atoms with E-state index < -0.39 is 21.7 Å². The number of rotatable bonds is 7. The highest BCUT2D eigenvalue weighted by Gasteiger charge is 2.22. The molecule has 0 saturated heterocycles. The lowest BCUT2D eigenvalue weighted by Gasteiger charge is -2.12. The highest BCUT2D eigenvalue weighted by molar-refractivity contribution is 6.33. The molecule has 2 aromatic rings. The fourth-order valence-electron chi connectivity index (χ4n) is 2.62. The molecule has 13 nitrogen and oxygen atoms in total. The smallest absolute Gasteiger partial charge is 0.243 e. The van der Waals surface area contributed by atoms with Crippen LogP contribution in [0.25, 0.3) is 11.1 Å². The number of halogens is 1. The van der Waals surface area contributed by atoms with E-state index in [-0.39, 0.29) is 44.5 Å². The number of aromatic nitrogens is 2. The predicted molar refractivity (Wildman–Crippen MR) is 117 cm³/mol. The lowest BCUT2D eigenvalue weighted by Crippen LogP contribution is -2.10. The first-order valence-electron chi connectivity index (χ1n) is 8.84. The standard InChI is InChI=1S/C19H14ClN7O6/c1-10(28)24-18-12(5-21)3-13(6-22-18)15(8-26(30)31)16(9-27(32)33)14-4-17(20)19(23-7-14)25-11(2)29/h3-4,6-9H,1-2H3,(H,22,24,28)(H,23,25,29). The van der Waals surface area contributed by atoms with Crippen LogP contribution in [0.2, 0.25) is 5.02 Å². The summed E-state index contributed by atoms with van der Waals surface area (Å²) < 4.78 is 0. The molecule has 0 saturated carbocycles. The van der Waals surface area contributed by atoms with E-state index in [1.54, 1.807) is 6.07 Å². The quantitative estimate of drug-likeness (QED) is 0.346. The molecule has 0 aliphatic rings. The van der Waals surface area contributed by atoms with Crippen LogP contribution in [0.1, 0.15) is 30.5 Å². The van der Waals surface area contributed by atoms with Gasteiger partial charge in [0.05, 0.1) is 31.6 Å². The molecule has 0 spiro atoms. The molecule has 33 heavy (non-hydrogen) atoms. The number of carbonyl (C=O) groups excluding carboxylic acids is 2. The normalized spacial score (nSPS) is 11.3. The SMILES string of the molecule is CC(=O)Nc1ncc(C(=C[N+](=O)[O-])C(=C[N+](=O)[O-])c2cnc(NC(C)=O)c(C#N)c2)cc1Cl. The van der Waals surface area contributed by atoms with Crippen LogP contribution in [0.15, 0.2) is 36.9 Å².